The molecule has 0 N–H and O–H groups in total. The minimum atomic E-state index is -0.642. The second-order valence-corrected chi connectivity index (χ2v) is 8.07. The summed E-state index contributed by atoms with van der Waals surface area (Å²) < 4.78 is 0. The Morgan fingerprint density at radius 3 is 2.70 bits per heavy atom. The highest BCUT2D eigenvalue weighted by atomic mass is 16.1. The predicted octanol–water partition coefficient (Wildman–Crippen LogP) is 3.76. The Balaban J connectivity index is 1.74. The van der Waals surface area contributed by atoms with Crippen molar-refractivity contribution < 1.29 is 4.79 Å². The third-order valence-electron chi connectivity index (χ3n) is 5.77. The molecule has 1 saturated heterocycles. The maximum absolute atomic E-state index is 12.8. The lowest BCUT2D eigenvalue weighted by Gasteiger charge is -2.35. The van der Waals surface area contributed by atoms with E-state index in [2.05, 4.69) is 31.7 Å². The van der Waals surface area contributed by atoms with Gasteiger partial charge in [0.1, 0.15) is 5.92 Å². The average Bonchev–Trinajstić information content (AvgIpc) is 2.72. The maximum Gasteiger partial charge on any atom is 0.168 e. The van der Waals surface area contributed by atoms with Gasteiger partial charge < -0.3 is 0 Å². The van der Waals surface area contributed by atoms with Crippen molar-refractivity contribution in [3.05, 3.63) is 35.9 Å². The summed E-state index contributed by atoms with van der Waals surface area (Å²) in [5, 5.41) is 9.47. The fraction of sp³-hybridized carbons (Fsp3) is 0.600. The Kier molecular flexibility index (Phi) is 4.29. The molecule has 0 radical (unpaired) electrons. The third kappa shape index (κ3) is 3.19. The van der Waals surface area contributed by atoms with E-state index in [1.54, 1.807) is 0 Å². The zero-order chi connectivity index (χ0) is 16.6. The third-order valence-corrected chi connectivity index (χ3v) is 5.77. The van der Waals surface area contributed by atoms with E-state index in [1.165, 1.54) is 12.8 Å². The van der Waals surface area contributed by atoms with Gasteiger partial charge in [-0.05, 0) is 43.1 Å². The molecule has 1 aromatic rings. The predicted molar refractivity (Wildman–Crippen MR) is 90.9 cm³/mol. The Morgan fingerprint density at radius 1 is 1.35 bits per heavy atom. The zero-order valence-electron chi connectivity index (χ0n) is 14.3. The van der Waals surface area contributed by atoms with Gasteiger partial charge in [-0.3, -0.25) is 9.69 Å². The molecule has 0 amide bonds. The largest absolute Gasteiger partial charge is 0.296 e. The summed E-state index contributed by atoms with van der Waals surface area (Å²) in [6, 6.07) is 12.6. The molecule has 1 aliphatic carbocycles. The van der Waals surface area contributed by atoms with Gasteiger partial charge in [-0.2, -0.15) is 5.26 Å². The summed E-state index contributed by atoms with van der Waals surface area (Å²) in [5.41, 5.74) is 1.18. The zero-order valence-corrected chi connectivity index (χ0v) is 14.3. The molecule has 23 heavy (non-hydrogen) atoms. The first-order chi connectivity index (χ1) is 10.9. The van der Waals surface area contributed by atoms with E-state index < -0.39 is 5.92 Å². The highest BCUT2D eigenvalue weighted by Gasteiger charge is 2.47. The number of carbonyl (C=O) groups is 1. The monoisotopic (exact) mass is 310 g/mol. The minimum Gasteiger partial charge on any atom is -0.296 e. The molecule has 0 unspecified atom stereocenters. The van der Waals surface area contributed by atoms with E-state index in [1.807, 2.05) is 30.3 Å². The van der Waals surface area contributed by atoms with Crippen molar-refractivity contribution in [1.82, 2.24) is 4.90 Å². The molecule has 2 bridgehead atoms. The average molecular weight is 310 g/mol. The highest BCUT2D eigenvalue weighted by molar-refractivity contribution is 5.90. The van der Waals surface area contributed by atoms with Crippen molar-refractivity contribution in [3.8, 4) is 6.07 Å². The minimum absolute atomic E-state index is 0.0379. The Morgan fingerprint density at radius 2 is 2.04 bits per heavy atom. The van der Waals surface area contributed by atoms with Crippen LogP contribution in [0.2, 0.25) is 0 Å². The van der Waals surface area contributed by atoms with Crippen molar-refractivity contribution in [2.24, 2.45) is 11.3 Å². The van der Waals surface area contributed by atoms with Crippen molar-refractivity contribution in [1.29, 1.82) is 5.26 Å². The van der Waals surface area contributed by atoms with E-state index in [0.29, 0.717) is 30.0 Å². The molecule has 2 fully saturated rings. The molecule has 1 aliphatic heterocycles. The summed E-state index contributed by atoms with van der Waals surface area (Å²) in [7, 11) is 0. The lowest BCUT2D eigenvalue weighted by Crippen LogP contribution is -2.40. The van der Waals surface area contributed by atoms with Crippen LogP contribution in [0, 0.1) is 22.7 Å². The van der Waals surface area contributed by atoms with E-state index >= 15 is 0 Å². The number of hydrogen-bond donors (Lipinski definition) is 0. The molecule has 0 spiro atoms. The van der Waals surface area contributed by atoms with Crippen LogP contribution in [0.15, 0.2) is 30.3 Å². The van der Waals surface area contributed by atoms with Gasteiger partial charge in [-0.1, -0.05) is 44.2 Å². The van der Waals surface area contributed by atoms with Gasteiger partial charge in [0, 0.05) is 12.1 Å². The molecular formula is C20H26N2O. The van der Waals surface area contributed by atoms with Crippen LogP contribution < -0.4 is 0 Å². The van der Waals surface area contributed by atoms with Crippen LogP contribution in [0.3, 0.4) is 0 Å². The fourth-order valence-corrected chi connectivity index (χ4v) is 4.69. The number of nitrogens with zero attached hydrogens (tertiary/aromatic N) is 2. The van der Waals surface area contributed by atoms with Crippen LogP contribution in [-0.2, 0) is 4.79 Å². The van der Waals surface area contributed by atoms with Gasteiger partial charge in [0.15, 0.2) is 5.78 Å². The van der Waals surface area contributed by atoms with E-state index in [9.17, 15) is 10.1 Å². The van der Waals surface area contributed by atoms with Gasteiger partial charge in [0.05, 0.1) is 12.6 Å². The quantitative estimate of drug-likeness (QED) is 0.850. The van der Waals surface area contributed by atoms with Crippen molar-refractivity contribution in [2.45, 2.75) is 58.0 Å². The first kappa shape index (κ1) is 16.2. The number of rotatable bonds is 4. The molecule has 3 rings (SSSR count). The summed E-state index contributed by atoms with van der Waals surface area (Å²) in [4.78, 5) is 15.1. The number of benzene rings is 1. The first-order valence-corrected chi connectivity index (χ1v) is 8.64. The maximum atomic E-state index is 12.8. The van der Waals surface area contributed by atoms with Gasteiger partial charge >= 0.3 is 0 Å². The molecule has 0 aromatic heterocycles. The first-order valence-electron chi connectivity index (χ1n) is 8.64. The second kappa shape index (κ2) is 6.09. The fourth-order valence-electron chi connectivity index (χ4n) is 4.69. The number of carbonyl (C=O) groups excluding carboxylic acids is 1. The molecule has 3 heteroatoms. The number of hydrogen-bond acceptors (Lipinski definition) is 3. The van der Waals surface area contributed by atoms with E-state index in [0.717, 1.165) is 12.0 Å². The molecule has 1 saturated carbocycles. The summed E-state index contributed by atoms with van der Waals surface area (Å²) in [6.07, 6.45) is 3.61. The molecule has 1 aromatic carbocycles. The lowest BCUT2D eigenvalue weighted by atomic mass is 9.71. The van der Waals surface area contributed by atoms with E-state index in [4.69, 9.17) is 0 Å². The van der Waals surface area contributed by atoms with Gasteiger partial charge in [-0.25, -0.2) is 0 Å². The molecule has 3 nitrogen and oxygen atoms in total. The van der Waals surface area contributed by atoms with Crippen LogP contribution in [0.1, 0.15) is 51.5 Å². The molecule has 2 aliphatic rings. The van der Waals surface area contributed by atoms with Crippen LogP contribution in [0.5, 0.6) is 0 Å². The number of ketones is 1. The van der Waals surface area contributed by atoms with Crippen LogP contribution in [-0.4, -0.2) is 29.3 Å². The SMILES string of the molecule is C[C@@H]1[C@H]2C[C@H](CC(C)(C)C2)N1CC(=O)[C@@H](C#N)c1ccccc1. The Bertz CT molecular complexity index is 616. The number of nitriles is 1. The molecular weight excluding hydrogens is 284 g/mol. The van der Waals surface area contributed by atoms with Crippen LogP contribution in [0.4, 0.5) is 0 Å². The Hall–Kier alpha value is -1.66. The van der Waals surface area contributed by atoms with Crippen molar-refractivity contribution >= 4 is 5.78 Å². The lowest BCUT2D eigenvalue weighted by molar-refractivity contribution is -0.121. The van der Waals surface area contributed by atoms with Crippen molar-refractivity contribution in [3.63, 3.8) is 0 Å². The van der Waals surface area contributed by atoms with Gasteiger partial charge in [0.25, 0.3) is 0 Å². The second-order valence-electron chi connectivity index (χ2n) is 8.07. The molecule has 122 valence electrons. The number of fused-ring (bicyclic) bond motifs is 2. The van der Waals surface area contributed by atoms with Crippen molar-refractivity contribution in [2.75, 3.05) is 6.54 Å². The number of Topliss-reactive ketones (excluding diaryl/α,β-unsaturated/α-hetero) is 1. The topological polar surface area (TPSA) is 44.1 Å². The molecule has 4 atom stereocenters. The summed E-state index contributed by atoms with van der Waals surface area (Å²) in [5.74, 6) is 0.0848. The summed E-state index contributed by atoms with van der Waals surface area (Å²) in [6.45, 7) is 7.34. The smallest absolute Gasteiger partial charge is 0.168 e. The standard InChI is InChI=1S/C20H26N2O/c1-14-16-9-17(11-20(2,3)10-16)22(14)13-19(23)18(12-21)15-7-5-4-6-8-15/h4-8,14,16-18H,9-11,13H2,1-3H3/t14-,16+,17-,18+/m1/s1. The molecule has 1 heterocycles. The van der Waals surface area contributed by atoms with Gasteiger partial charge in [-0.15, -0.1) is 0 Å². The summed E-state index contributed by atoms with van der Waals surface area (Å²) >= 11 is 0. The number of likely N-dealkylation sites (tertiary alicyclic amines) is 1. The highest BCUT2D eigenvalue weighted by Crippen LogP contribution is 2.48. The normalized spacial score (nSPS) is 30.6. The van der Waals surface area contributed by atoms with Crippen LogP contribution >= 0.6 is 0 Å². The van der Waals surface area contributed by atoms with Gasteiger partial charge in [0.2, 0.25) is 0 Å². The van der Waals surface area contributed by atoms with Crippen LogP contribution in [0.25, 0.3) is 0 Å². The van der Waals surface area contributed by atoms with E-state index in [-0.39, 0.29) is 5.78 Å². The Labute approximate surface area is 139 Å².